The van der Waals surface area contributed by atoms with Crippen LogP contribution in [0.15, 0.2) is 109 Å². The molecule has 0 saturated heterocycles. The quantitative estimate of drug-likeness (QED) is 0.346. The highest BCUT2D eigenvalue weighted by atomic mass is 16.1. The fourth-order valence-corrected chi connectivity index (χ4v) is 4.10. The van der Waals surface area contributed by atoms with Crippen molar-refractivity contribution in [3.05, 3.63) is 126 Å². The van der Waals surface area contributed by atoms with Crippen molar-refractivity contribution >= 4 is 16.9 Å². The summed E-state index contributed by atoms with van der Waals surface area (Å²) in [5.41, 5.74) is 5.75. The molecule has 0 aliphatic carbocycles. The number of hydrogen-bond donors (Lipinski definition) is 1. The van der Waals surface area contributed by atoms with E-state index in [1.54, 1.807) is 0 Å². The van der Waals surface area contributed by atoms with Gasteiger partial charge in [-0.3, -0.25) is 4.79 Å². The molecule has 0 fully saturated rings. The summed E-state index contributed by atoms with van der Waals surface area (Å²) in [5, 5.41) is 3.12. The van der Waals surface area contributed by atoms with Crippen LogP contribution in [0.5, 0.6) is 0 Å². The molecule has 0 radical (unpaired) electrons. The van der Waals surface area contributed by atoms with E-state index in [4.69, 9.17) is 4.98 Å². The van der Waals surface area contributed by atoms with E-state index in [1.807, 2.05) is 91.9 Å². The summed E-state index contributed by atoms with van der Waals surface area (Å²) in [6.45, 7) is 2.67. The average molecular weight is 432 g/mol. The first kappa shape index (κ1) is 20.7. The smallest absolute Gasteiger partial charge is 0.251 e. The van der Waals surface area contributed by atoms with Gasteiger partial charge in [-0.05, 0) is 36.2 Å². The van der Waals surface area contributed by atoms with Gasteiger partial charge in [0.1, 0.15) is 5.82 Å². The molecule has 1 unspecified atom stereocenters. The number of fused-ring (bicyclic) bond motifs is 1. The fraction of sp³-hybridized carbons (Fsp3) is 0.103. The van der Waals surface area contributed by atoms with Crippen molar-refractivity contribution in [3.8, 4) is 11.4 Å². The zero-order valence-corrected chi connectivity index (χ0v) is 18.5. The number of rotatable bonds is 6. The van der Waals surface area contributed by atoms with E-state index in [0.717, 1.165) is 28.0 Å². The number of aromatic nitrogens is 2. The van der Waals surface area contributed by atoms with Gasteiger partial charge in [0.05, 0.1) is 17.1 Å². The molecular weight excluding hydrogens is 406 g/mol. The molecule has 162 valence electrons. The molecule has 1 N–H and O–H groups in total. The van der Waals surface area contributed by atoms with Gasteiger partial charge in [-0.2, -0.15) is 0 Å². The van der Waals surface area contributed by atoms with E-state index < -0.39 is 0 Å². The lowest BCUT2D eigenvalue weighted by molar-refractivity contribution is 0.0940. The van der Waals surface area contributed by atoms with E-state index in [1.165, 1.54) is 5.56 Å². The molecule has 5 rings (SSSR count). The minimum atomic E-state index is -0.0954. The Kier molecular flexibility index (Phi) is 5.73. The fourth-order valence-electron chi connectivity index (χ4n) is 4.10. The first-order valence-corrected chi connectivity index (χ1v) is 11.1. The van der Waals surface area contributed by atoms with Crippen LogP contribution in [0.2, 0.25) is 0 Å². The van der Waals surface area contributed by atoms with Crippen molar-refractivity contribution in [1.29, 1.82) is 0 Å². The van der Waals surface area contributed by atoms with Crippen LogP contribution in [-0.4, -0.2) is 15.5 Å². The van der Waals surface area contributed by atoms with Gasteiger partial charge < -0.3 is 9.88 Å². The number of imidazole rings is 1. The van der Waals surface area contributed by atoms with Gasteiger partial charge in [-0.15, -0.1) is 0 Å². The molecule has 5 aromatic rings. The first-order chi connectivity index (χ1) is 16.2. The number of nitrogens with one attached hydrogen (secondary N) is 1. The number of hydrogen-bond acceptors (Lipinski definition) is 2. The standard InChI is InChI=1S/C29H25N3O/c1-21(23-13-7-3-8-14-23)30-29(33)25-17-18-26-27(19-25)32(20-22-11-5-2-6-12-22)28(31-26)24-15-9-4-10-16-24/h2-19,21H,20H2,1H3,(H,30,33). The summed E-state index contributed by atoms with van der Waals surface area (Å²) < 4.78 is 2.19. The normalized spacial score (nSPS) is 11.9. The highest BCUT2D eigenvalue weighted by Crippen LogP contribution is 2.27. The van der Waals surface area contributed by atoms with Crippen molar-refractivity contribution in [2.45, 2.75) is 19.5 Å². The minimum Gasteiger partial charge on any atom is -0.346 e. The van der Waals surface area contributed by atoms with Crippen molar-refractivity contribution in [2.24, 2.45) is 0 Å². The summed E-state index contributed by atoms with van der Waals surface area (Å²) in [5.74, 6) is 0.798. The Hall–Kier alpha value is -4.18. The maximum atomic E-state index is 13.1. The van der Waals surface area contributed by atoms with E-state index >= 15 is 0 Å². The van der Waals surface area contributed by atoms with E-state index in [9.17, 15) is 4.79 Å². The molecule has 0 bridgehead atoms. The maximum Gasteiger partial charge on any atom is 0.251 e. The van der Waals surface area contributed by atoms with Gasteiger partial charge in [-0.25, -0.2) is 4.98 Å². The van der Waals surface area contributed by atoms with Crippen LogP contribution < -0.4 is 5.32 Å². The van der Waals surface area contributed by atoms with Crippen molar-refractivity contribution in [3.63, 3.8) is 0 Å². The molecule has 0 saturated carbocycles. The third kappa shape index (κ3) is 4.41. The van der Waals surface area contributed by atoms with Crippen LogP contribution in [-0.2, 0) is 6.54 Å². The van der Waals surface area contributed by atoms with Crippen molar-refractivity contribution in [2.75, 3.05) is 0 Å². The second-order valence-electron chi connectivity index (χ2n) is 8.18. The van der Waals surface area contributed by atoms with Crippen LogP contribution >= 0.6 is 0 Å². The second kappa shape index (κ2) is 9.13. The molecule has 33 heavy (non-hydrogen) atoms. The number of carbonyl (C=O) groups excluding carboxylic acids is 1. The first-order valence-electron chi connectivity index (χ1n) is 11.1. The number of amides is 1. The largest absolute Gasteiger partial charge is 0.346 e. The van der Waals surface area contributed by atoms with Crippen molar-refractivity contribution < 1.29 is 4.79 Å². The molecule has 0 aliphatic rings. The van der Waals surface area contributed by atoms with E-state index in [2.05, 4.69) is 34.1 Å². The molecule has 1 atom stereocenters. The lowest BCUT2D eigenvalue weighted by Gasteiger charge is -2.15. The lowest BCUT2D eigenvalue weighted by Crippen LogP contribution is -2.26. The summed E-state index contributed by atoms with van der Waals surface area (Å²) >= 11 is 0. The lowest BCUT2D eigenvalue weighted by atomic mass is 10.1. The molecule has 1 aromatic heterocycles. The van der Waals surface area contributed by atoms with Crippen molar-refractivity contribution in [1.82, 2.24) is 14.9 Å². The predicted octanol–water partition coefficient (Wildman–Crippen LogP) is 6.24. The van der Waals surface area contributed by atoms with Gasteiger partial charge >= 0.3 is 0 Å². The predicted molar refractivity (Wildman–Crippen MR) is 133 cm³/mol. The average Bonchev–Trinajstić information content (AvgIpc) is 3.23. The Morgan fingerprint density at radius 3 is 2.18 bits per heavy atom. The van der Waals surface area contributed by atoms with Crippen LogP contribution in [0.25, 0.3) is 22.4 Å². The number of nitrogens with zero attached hydrogens (tertiary/aromatic N) is 2. The van der Waals surface area contributed by atoms with Gasteiger partial charge in [0, 0.05) is 17.7 Å². The van der Waals surface area contributed by atoms with Crippen LogP contribution in [0.3, 0.4) is 0 Å². The summed E-state index contributed by atoms with van der Waals surface area (Å²) in [7, 11) is 0. The van der Waals surface area contributed by atoms with Gasteiger partial charge in [-0.1, -0.05) is 91.0 Å². The third-order valence-electron chi connectivity index (χ3n) is 5.87. The zero-order valence-electron chi connectivity index (χ0n) is 18.5. The van der Waals surface area contributed by atoms with E-state index in [-0.39, 0.29) is 11.9 Å². The Balaban J connectivity index is 1.53. The van der Waals surface area contributed by atoms with Gasteiger partial charge in [0.25, 0.3) is 5.91 Å². The molecule has 4 heteroatoms. The zero-order chi connectivity index (χ0) is 22.6. The summed E-state index contributed by atoms with van der Waals surface area (Å²) in [4.78, 5) is 18.0. The molecule has 0 aliphatic heterocycles. The Morgan fingerprint density at radius 1 is 0.848 bits per heavy atom. The highest BCUT2D eigenvalue weighted by Gasteiger charge is 2.17. The molecule has 4 nitrogen and oxygen atoms in total. The van der Waals surface area contributed by atoms with Crippen LogP contribution in [0.1, 0.15) is 34.5 Å². The SMILES string of the molecule is CC(NC(=O)c1ccc2nc(-c3ccccc3)n(Cc3ccccc3)c2c1)c1ccccc1. The topological polar surface area (TPSA) is 46.9 Å². The maximum absolute atomic E-state index is 13.1. The second-order valence-corrected chi connectivity index (χ2v) is 8.18. The molecule has 4 aromatic carbocycles. The Labute approximate surface area is 193 Å². The summed E-state index contributed by atoms with van der Waals surface area (Å²) in [6.07, 6.45) is 0. The minimum absolute atomic E-state index is 0.0801. The summed E-state index contributed by atoms with van der Waals surface area (Å²) in [6, 6.07) is 36.1. The molecule has 1 amide bonds. The molecular formula is C29H25N3O. The van der Waals surface area contributed by atoms with Crippen LogP contribution in [0, 0.1) is 0 Å². The van der Waals surface area contributed by atoms with E-state index in [0.29, 0.717) is 12.1 Å². The third-order valence-corrected chi connectivity index (χ3v) is 5.87. The monoisotopic (exact) mass is 431 g/mol. The van der Waals surface area contributed by atoms with Gasteiger partial charge in [0.15, 0.2) is 0 Å². The van der Waals surface area contributed by atoms with Gasteiger partial charge in [0.2, 0.25) is 0 Å². The molecule has 1 heterocycles. The highest BCUT2D eigenvalue weighted by molar-refractivity contribution is 5.98. The number of benzene rings is 4. The number of carbonyl (C=O) groups is 1. The molecule has 0 spiro atoms. The Morgan fingerprint density at radius 2 is 1.48 bits per heavy atom. The van der Waals surface area contributed by atoms with Crippen LogP contribution in [0.4, 0.5) is 0 Å². The Bertz CT molecular complexity index is 1380.